The number of rotatable bonds is 9. The number of ether oxygens (including phenoxy) is 1. The minimum atomic E-state index is -0.834. The van der Waals surface area contributed by atoms with Crippen LogP contribution in [0.5, 0.6) is 0 Å². The second kappa shape index (κ2) is 6.36. The van der Waals surface area contributed by atoms with Gasteiger partial charge in [0, 0.05) is 19.3 Å². The van der Waals surface area contributed by atoms with E-state index in [9.17, 15) is 9.90 Å². The third-order valence-corrected chi connectivity index (χ3v) is 3.16. The zero-order chi connectivity index (χ0) is 12.9. The molecule has 0 heterocycles. The van der Waals surface area contributed by atoms with Crippen molar-refractivity contribution in [3.63, 3.8) is 0 Å². The topological polar surface area (TPSA) is 58.6 Å². The fraction of sp³-hybridized carbons (Fsp3) is 0.923. The van der Waals surface area contributed by atoms with Gasteiger partial charge in [-0.3, -0.25) is 10.1 Å². The Morgan fingerprint density at radius 2 is 2.12 bits per heavy atom. The summed E-state index contributed by atoms with van der Waals surface area (Å²) >= 11 is 0. The lowest BCUT2D eigenvalue weighted by Crippen LogP contribution is -2.51. The summed E-state index contributed by atoms with van der Waals surface area (Å²) in [7, 11) is 0. The molecule has 0 bridgehead atoms. The molecule has 1 unspecified atom stereocenters. The highest BCUT2D eigenvalue weighted by atomic mass is 16.5. The highest BCUT2D eigenvalue weighted by Gasteiger charge is 2.38. The van der Waals surface area contributed by atoms with Gasteiger partial charge in [-0.1, -0.05) is 13.8 Å². The van der Waals surface area contributed by atoms with Crippen molar-refractivity contribution >= 4 is 5.97 Å². The van der Waals surface area contributed by atoms with Crippen LogP contribution in [0.25, 0.3) is 0 Å². The van der Waals surface area contributed by atoms with E-state index in [1.807, 2.05) is 0 Å². The fourth-order valence-electron chi connectivity index (χ4n) is 1.62. The lowest BCUT2D eigenvalue weighted by atomic mass is 9.98. The molecule has 4 nitrogen and oxygen atoms in total. The molecular weight excluding hydrogens is 218 g/mol. The lowest BCUT2D eigenvalue weighted by Gasteiger charge is -2.26. The quantitative estimate of drug-likeness (QED) is 0.608. The maximum absolute atomic E-state index is 11.2. The van der Waals surface area contributed by atoms with Crippen LogP contribution >= 0.6 is 0 Å². The van der Waals surface area contributed by atoms with Crippen molar-refractivity contribution in [2.24, 2.45) is 5.92 Å². The molecule has 4 heteroatoms. The van der Waals surface area contributed by atoms with Crippen LogP contribution < -0.4 is 5.32 Å². The predicted octanol–water partition coefficient (Wildman–Crippen LogP) is 2.03. The van der Waals surface area contributed by atoms with Gasteiger partial charge < -0.3 is 9.84 Å². The first-order chi connectivity index (χ1) is 7.94. The summed E-state index contributed by atoms with van der Waals surface area (Å²) in [6.07, 6.45) is 3.74. The smallest absolute Gasteiger partial charge is 0.323 e. The molecule has 0 aromatic heterocycles. The van der Waals surface area contributed by atoms with Crippen LogP contribution in [0.2, 0.25) is 0 Å². The zero-order valence-corrected chi connectivity index (χ0v) is 11.2. The number of hydrogen-bond acceptors (Lipinski definition) is 3. The summed E-state index contributed by atoms with van der Waals surface area (Å²) in [6.45, 7) is 7.28. The Labute approximate surface area is 104 Å². The Morgan fingerprint density at radius 3 is 2.59 bits per heavy atom. The van der Waals surface area contributed by atoms with Gasteiger partial charge in [-0.05, 0) is 38.5 Å². The average Bonchev–Trinajstić information content (AvgIpc) is 3.00. The highest BCUT2D eigenvalue weighted by molar-refractivity contribution is 5.78. The lowest BCUT2D eigenvalue weighted by molar-refractivity contribution is -0.145. The molecule has 0 amide bonds. The fourth-order valence-corrected chi connectivity index (χ4v) is 1.62. The minimum absolute atomic E-state index is 0.395. The average molecular weight is 243 g/mol. The third kappa shape index (κ3) is 5.50. The van der Waals surface area contributed by atoms with E-state index in [1.54, 1.807) is 6.92 Å². The zero-order valence-electron chi connectivity index (χ0n) is 11.2. The van der Waals surface area contributed by atoms with E-state index in [2.05, 4.69) is 19.2 Å². The van der Waals surface area contributed by atoms with E-state index >= 15 is 0 Å². The van der Waals surface area contributed by atoms with Crippen molar-refractivity contribution in [2.45, 2.75) is 58.0 Å². The SMILES string of the molecule is CC(C)CCOCCC(C)(NC1CC1)C(=O)O. The molecule has 1 rings (SSSR count). The Kier molecular flexibility index (Phi) is 5.40. The van der Waals surface area contributed by atoms with E-state index in [1.165, 1.54) is 0 Å². The molecule has 1 saturated carbocycles. The number of nitrogens with one attached hydrogen (secondary N) is 1. The molecule has 0 radical (unpaired) electrons. The maximum atomic E-state index is 11.2. The number of hydrogen-bond donors (Lipinski definition) is 2. The van der Waals surface area contributed by atoms with E-state index in [-0.39, 0.29) is 0 Å². The number of aliphatic carboxylic acids is 1. The molecule has 2 N–H and O–H groups in total. The van der Waals surface area contributed by atoms with Crippen molar-refractivity contribution in [2.75, 3.05) is 13.2 Å². The maximum Gasteiger partial charge on any atom is 0.323 e. The van der Waals surface area contributed by atoms with Gasteiger partial charge in [0.05, 0.1) is 0 Å². The van der Waals surface area contributed by atoms with Crippen molar-refractivity contribution in [3.8, 4) is 0 Å². The molecule has 0 spiro atoms. The molecule has 0 saturated heterocycles. The number of carboxylic acid groups (broad SMARTS) is 1. The number of carbonyl (C=O) groups is 1. The van der Waals surface area contributed by atoms with E-state index in [4.69, 9.17) is 4.74 Å². The van der Waals surface area contributed by atoms with Crippen molar-refractivity contribution in [3.05, 3.63) is 0 Å². The van der Waals surface area contributed by atoms with Gasteiger partial charge in [0.1, 0.15) is 5.54 Å². The van der Waals surface area contributed by atoms with Crippen molar-refractivity contribution in [1.29, 1.82) is 0 Å². The van der Waals surface area contributed by atoms with Crippen LogP contribution in [0.4, 0.5) is 0 Å². The van der Waals surface area contributed by atoms with Crippen LogP contribution in [-0.2, 0) is 9.53 Å². The minimum Gasteiger partial charge on any atom is -0.480 e. The monoisotopic (exact) mass is 243 g/mol. The molecule has 1 fully saturated rings. The molecule has 1 aliphatic carbocycles. The molecular formula is C13H25NO3. The third-order valence-electron chi connectivity index (χ3n) is 3.16. The Bertz CT molecular complexity index is 251. The van der Waals surface area contributed by atoms with E-state index in [0.717, 1.165) is 25.9 Å². The van der Waals surface area contributed by atoms with Crippen molar-refractivity contribution in [1.82, 2.24) is 5.32 Å². The Morgan fingerprint density at radius 1 is 1.47 bits per heavy atom. The van der Waals surface area contributed by atoms with Gasteiger partial charge in [-0.25, -0.2) is 0 Å². The van der Waals surface area contributed by atoms with Gasteiger partial charge in [0.2, 0.25) is 0 Å². The van der Waals surface area contributed by atoms with Crippen LogP contribution in [0.15, 0.2) is 0 Å². The van der Waals surface area contributed by atoms with Crippen LogP contribution in [0.3, 0.4) is 0 Å². The summed E-state index contributed by atoms with van der Waals surface area (Å²) in [4.78, 5) is 11.2. The standard InChI is InChI=1S/C13H25NO3/c1-10(2)6-8-17-9-7-13(3,12(15)16)14-11-4-5-11/h10-11,14H,4-9H2,1-3H3,(H,15,16). The van der Waals surface area contributed by atoms with Crippen molar-refractivity contribution < 1.29 is 14.6 Å². The van der Waals surface area contributed by atoms with Gasteiger partial charge in [0.15, 0.2) is 0 Å². The van der Waals surface area contributed by atoms with Gasteiger partial charge in [-0.2, -0.15) is 0 Å². The summed E-state index contributed by atoms with van der Waals surface area (Å²) in [5.74, 6) is -0.151. The second-order valence-electron chi connectivity index (χ2n) is 5.60. The predicted molar refractivity (Wildman–Crippen MR) is 67.1 cm³/mol. The Balaban J connectivity index is 2.21. The molecule has 0 aliphatic heterocycles. The second-order valence-corrected chi connectivity index (χ2v) is 5.60. The largest absolute Gasteiger partial charge is 0.480 e. The van der Waals surface area contributed by atoms with Gasteiger partial charge in [-0.15, -0.1) is 0 Å². The Hall–Kier alpha value is -0.610. The normalized spacial score (nSPS) is 19.3. The van der Waals surface area contributed by atoms with E-state index in [0.29, 0.717) is 25.0 Å². The summed E-state index contributed by atoms with van der Waals surface area (Å²) < 4.78 is 5.49. The van der Waals surface area contributed by atoms with Gasteiger partial charge >= 0.3 is 5.97 Å². The summed E-state index contributed by atoms with van der Waals surface area (Å²) in [5, 5.41) is 12.4. The molecule has 0 aromatic carbocycles. The molecule has 0 aromatic rings. The summed E-state index contributed by atoms with van der Waals surface area (Å²) in [5.41, 5.74) is -0.834. The molecule has 17 heavy (non-hydrogen) atoms. The first-order valence-electron chi connectivity index (χ1n) is 6.53. The summed E-state index contributed by atoms with van der Waals surface area (Å²) in [6, 6.07) is 0.395. The number of carboxylic acids is 1. The first kappa shape index (κ1) is 14.5. The highest BCUT2D eigenvalue weighted by Crippen LogP contribution is 2.24. The first-order valence-corrected chi connectivity index (χ1v) is 6.53. The molecule has 1 atom stereocenters. The van der Waals surface area contributed by atoms with Crippen LogP contribution in [-0.4, -0.2) is 35.9 Å². The van der Waals surface area contributed by atoms with Crippen LogP contribution in [0, 0.1) is 5.92 Å². The van der Waals surface area contributed by atoms with E-state index < -0.39 is 11.5 Å². The molecule has 100 valence electrons. The van der Waals surface area contributed by atoms with Crippen LogP contribution in [0.1, 0.15) is 46.5 Å². The molecule has 1 aliphatic rings. The van der Waals surface area contributed by atoms with Gasteiger partial charge in [0.25, 0.3) is 0 Å².